The van der Waals surface area contributed by atoms with Crippen LogP contribution in [0, 0.1) is 0 Å². The van der Waals surface area contributed by atoms with E-state index in [1.807, 2.05) is 13.8 Å². The number of Topliss-reactive ketones (excluding diaryl/α,β-unsaturated/α-hetero) is 1. The van der Waals surface area contributed by atoms with E-state index in [4.69, 9.17) is 27.9 Å². The van der Waals surface area contributed by atoms with Crippen molar-refractivity contribution in [2.75, 3.05) is 25.0 Å². The lowest BCUT2D eigenvalue weighted by Crippen LogP contribution is -2.48. The van der Waals surface area contributed by atoms with Gasteiger partial charge in [0.25, 0.3) is 0 Å². The maximum atomic E-state index is 13.0. The van der Waals surface area contributed by atoms with Crippen LogP contribution >= 0.6 is 23.2 Å². The number of ketones is 1. The monoisotopic (exact) mass is 456 g/mol. The summed E-state index contributed by atoms with van der Waals surface area (Å²) in [6, 6.07) is 11.0. The quantitative estimate of drug-likeness (QED) is 0.662. The van der Waals surface area contributed by atoms with Gasteiger partial charge >= 0.3 is 0 Å². The van der Waals surface area contributed by atoms with Gasteiger partial charge in [-0.05, 0) is 44.2 Å². The molecule has 9 heteroatoms. The topological polar surface area (TPSA) is 75.7 Å². The molecule has 6 nitrogen and oxygen atoms in total. The lowest BCUT2D eigenvalue weighted by Gasteiger charge is -2.34. The molecule has 0 bridgehead atoms. The molecule has 156 valence electrons. The number of hydrogen-bond acceptors (Lipinski definition) is 5. The fraction of sp³-hybridized carbons (Fsp3) is 0.350. The molecular weight excluding hydrogens is 435 g/mol. The Morgan fingerprint density at radius 1 is 1.14 bits per heavy atom. The number of hydrogen-bond donors (Lipinski definition) is 1. The van der Waals surface area contributed by atoms with Crippen LogP contribution in [-0.2, 0) is 14.8 Å². The van der Waals surface area contributed by atoms with Crippen LogP contribution in [0.15, 0.2) is 47.4 Å². The lowest BCUT2D eigenvalue weighted by molar-refractivity contribution is -0.0440. The minimum Gasteiger partial charge on any atom is -0.376 e. The first kappa shape index (κ1) is 22.1. The second kappa shape index (κ2) is 9.02. The van der Waals surface area contributed by atoms with E-state index in [2.05, 4.69) is 5.32 Å². The van der Waals surface area contributed by atoms with Crippen LogP contribution in [0.1, 0.15) is 24.2 Å². The molecule has 1 aliphatic heterocycles. The molecule has 1 N–H and O–H groups in total. The molecule has 2 aromatic rings. The minimum atomic E-state index is -3.72. The van der Waals surface area contributed by atoms with E-state index in [-0.39, 0.29) is 42.5 Å². The third kappa shape index (κ3) is 5.29. The van der Waals surface area contributed by atoms with Gasteiger partial charge in [0, 0.05) is 23.7 Å². The number of sulfonamides is 1. The zero-order valence-electron chi connectivity index (χ0n) is 16.1. The third-order valence-corrected chi connectivity index (χ3v) is 6.93. The van der Waals surface area contributed by atoms with Crippen molar-refractivity contribution >= 4 is 44.7 Å². The number of nitrogens with one attached hydrogen (secondary N) is 1. The highest BCUT2D eigenvalue weighted by Crippen LogP contribution is 2.26. The molecule has 29 heavy (non-hydrogen) atoms. The first-order valence-corrected chi connectivity index (χ1v) is 11.3. The van der Waals surface area contributed by atoms with Crippen LogP contribution in [-0.4, -0.2) is 50.3 Å². The van der Waals surface area contributed by atoms with Crippen molar-refractivity contribution in [2.24, 2.45) is 0 Å². The molecule has 1 aliphatic rings. The van der Waals surface area contributed by atoms with Gasteiger partial charge in [0.15, 0.2) is 5.78 Å². The molecule has 0 aromatic heterocycles. The fourth-order valence-electron chi connectivity index (χ4n) is 3.22. The molecule has 2 atom stereocenters. The first-order chi connectivity index (χ1) is 13.7. The molecule has 2 aromatic carbocycles. The van der Waals surface area contributed by atoms with Crippen LogP contribution in [0.5, 0.6) is 0 Å². The Morgan fingerprint density at radius 3 is 2.48 bits per heavy atom. The molecule has 0 radical (unpaired) electrons. The summed E-state index contributed by atoms with van der Waals surface area (Å²) in [5.74, 6) is -0.253. The summed E-state index contributed by atoms with van der Waals surface area (Å²) >= 11 is 12.0. The van der Waals surface area contributed by atoms with E-state index >= 15 is 0 Å². The largest absolute Gasteiger partial charge is 0.376 e. The fourth-order valence-corrected chi connectivity index (χ4v) is 5.33. The van der Waals surface area contributed by atoms with Gasteiger partial charge in [-0.1, -0.05) is 35.3 Å². The number of halogens is 2. The van der Waals surface area contributed by atoms with Crippen molar-refractivity contribution in [2.45, 2.75) is 31.0 Å². The maximum Gasteiger partial charge on any atom is 0.243 e. The van der Waals surface area contributed by atoms with Gasteiger partial charge in [-0.15, -0.1) is 0 Å². The third-order valence-electron chi connectivity index (χ3n) is 4.55. The van der Waals surface area contributed by atoms with Gasteiger partial charge in [0.1, 0.15) is 0 Å². The van der Waals surface area contributed by atoms with Crippen molar-refractivity contribution in [1.82, 2.24) is 4.31 Å². The van der Waals surface area contributed by atoms with Crippen LogP contribution in [0.4, 0.5) is 5.69 Å². The number of morpholine rings is 1. The zero-order chi connectivity index (χ0) is 21.2. The number of carbonyl (C=O) groups excluding carboxylic acids is 1. The summed E-state index contributed by atoms with van der Waals surface area (Å²) in [5.41, 5.74) is 0.877. The number of nitrogens with zero attached hydrogens (tertiary/aromatic N) is 1. The predicted molar refractivity (Wildman–Crippen MR) is 114 cm³/mol. The molecule has 3 rings (SSSR count). The maximum absolute atomic E-state index is 13.0. The summed E-state index contributed by atoms with van der Waals surface area (Å²) < 4.78 is 33.1. The van der Waals surface area contributed by atoms with Crippen LogP contribution in [0.2, 0.25) is 10.0 Å². The van der Waals surface area contributed by atoms with Crippen molar-refractivity contribution < 1.29 is 17.9 Å². The van der Waals surface area contributed by atoms with Crippen LogP contribution in [0.3, 0.4) is 0 Å². The average molecular weight is 457 g/mol. The molecule has 0 amide bonds. The Morgan fingerprint density at radius 2 is 1.83 bits per heavy atom. The predicted octanol–water partition coefficient (Wildman–Crippen LogP) is 4.09. The number of benzene rings is 2. The van der Waals surface area contributed by atoms with Crippen LogP contribution in [0.25, 0.3) is 0 Å². The smallest absolute Gasteiger partial charge is 0.243 e. The summed E-state index contributed by atoms with van der Waals surface area (Å²) in [4.78, 5) is 12.7. The normalized spacial score (nSPS) is 20.4. The number of anilines is 1. The van der Waals surface area contributed by atoms with Crippen LogP contribution < -0.4 is 5.32 Å². The molecule has 1 fully saturated rings. The van der Waals surface area contributed by atoms with Crippen molar-refractivity contribution in [3.05, 3.63) is 58.1 Å². The molecule has 1 saturated heterocycles. The Kier molecular flexibility index (Phi) is 6.86. The van der Waals surface area contributed by atoms with Gasteiger partial charge < -0.3 is 10.1 Å². The first-order valence-electron chi connectivity index (χ1n) is 9.14. The van der Waals surface area contributed by atoms with Gasteiger partial charge in [-0.2, -0.15) is 4.31 Å². The van der Waals surface area contributed by atoms with E-state index in [1.165, 1.54) is 16.4 Å². The highest BCUT2D eigenvalue weighted by molar-refractivity contribution is 7.89. The second-order valence-electron chi connectivity index (χ2n) is 7.01. The molecule has 0 aliphatic carbocycles. The minimum absolute atomic E-state index is 0.0313. The van der Waals surface area contributed by atoms with Crippen molar-refractivity contribution in [1.29, 1.82) is 0 Å². The Hall–Kier alpha value is -1.64. The Labute approximate surface area is 180 Å². The lowest BCUT2D eigenvalue weighted by atomic mass is 10.1. The van der Waals surface area contributed by atoms with E-state index in [0.29, 0.717) is 21.3 Å². The number of rotatable bonds is 6. The van der Waals surface area contributed by atoms with E-state index in [1.54, 1.807) is 30.3 Å². The van der Waals surface area contributed by atoms with E-state index in [0.717, 1.165) is 0 Å². The molecule has 0 spiro atoms. The summed E-state index contributed by atoms with van der Waals surface area (Å²) in [5, 5.41) is 3.85. The molecule has 0 saturated carbocycles. The highest BCUT2D eigenvalue weighted by atomic mass is 35.5. The average Bonchev–Trinajstić information content (AvgIpc) is 2.66. The zero-order valence-corrected chi connectivity index (χ0v) is 18.4. The van der Waals surface area contributed by atoms with Gasteiger partial charge in [-0.25, -0.2) is 8.42 Å². The number of carbonyl (C=O) groups is 1. The summed E-state index contributed by atoms with van der Waals surface area (Å²) in [6.45, 7) is 4.21. The second-order valence-corrected chi connectivity index (χ2v) is 9.79. The highest BCUT2D eigenvalue weighted by Gasteiger charge is 2.32. The SMILES string of the molecule is CC1CN(S(=O)(=O)c2cccc(C(=O)CNc3ccc(Cl)cc3Cl)c2)CC(C)O1. The van der Waals surface area contributed by atoms with Gasteiger partial charge in [0.2, 0.25) is 10.0 Å². The van der Waals surface area contributed by atoms with Gasteiger partial charge in [-0.3, -0.25) is 4.79 Å². The Balaban J connectivity index is 1.75. The molecule has 2 unspecified atom stereocenters. The van der Waals surface area contributed by atoms with E-state index in [9.17, 15) is 13.2 Å². The summed E-state index contributed by atoms with van der Waals surface area (Å²) in [6.07, 6.45) is -0.377. The van der Waals surface area contributed by atoms with Crippen molar-refractivity contribution in [3.8, 4) is 0 Å². The summed E-state index contributed by atoms with van der Waals surface area (Å²) in [7, 11) is -3.72. The molecular formula is C20H22Cl2N2O4S. The van der Waals surface area contributed by atoms with Gasteiger partial charge in [0.05, 0.1) is 34.4 Å². The van der Waals surface area contributed by atoms with E-state index < -0.39 is 10.0 Å². The number of ether oxygens (including phenoxy) is 1. The molecule has 1 heterocycles. The Bertz CT molecular complexity index is 1000. The van der Waals surface area contributed by atoms with Crippen molar-refractivity contribution in [3.63, 3.8) is 0 Å². The standard InChI is InChI=1S/C20H22Cl2N2O4S/c1-13-11-24(12-14(2)28-13)29(26,27)17-5-3-4-15(8-17)20(25)10-23-19-7-6-16(21)9-18(19)22/h3-9,13-14,23H,10-12H2,1-2H3.